The Morgan fingerprint density at radius 1 is 1.44 bits per heavy atom. The molecule has 2 amide bonds. The molecule has 1 heterocycles. The summed E-state index contributed by atoms with van der Waals surface area (Å²) in [4.78, 5) is 24.5. The van der Waals surface area contributed by atoms with Crippen LogP contribution in [0.15, 0.2) is 12.2 Å². The molecule has 1 rings (SSSR count). The van der Waals surface area contributed by atoms with Gasteiger partial charge in [-0.3, -0.25) is 4.79 Å². The van der Waals surface area contributed by atoms with Crippen LogP contribution in [0.1, 0.15) is 26.7 Å². The molecule has 18 heavy (non-hydrogen) atoms. The Labute approximate surface area is 108 Å². The fourth-order valence-corrected chi connectivity index (χ4v) is 2.19. The zero-order chi connectivity index (χ0) is 13.7. The number of carbonyl (C=O) groups excluding carboxylic acids is 1. The third-order valence-corrected chi connectivity index (χ3v) is 3.12. The monoisotopic (exact) mass is 254 g/mol. The zero-order valence-corrected chi connectivity index (χ0v) is 11.1. The lowest BCUT2D eigenvalue weighted by atomic mass is 9.91. The average molecular weight is 254 g/mol. The number of urea groups is 1. The third-order valence-electron chi connectivity index (χ3n) is 3.12. The number of likely N-dealkylation sites (tertiary alicyclic amines) is 1. The Kier molecular flexibility index (Phi) is 5.19. The Morgan fingerprint density at radius 3 is 2.67 bits per heavy atom. The normalized spacial score (nSPS) is 23.6. The number of hydrogen-bond acceptors (Lipinski definition) is 2. The van der Waals surface area contributed by atoms with Crippen molar-refractivity contribution < 1.29 is 14.7 Å². The highest BCUT2D eigenvalue weighted by Gasteiger charge is 2.31. The van der Waals surface area contributed by atoms with E-state index >= 15 is 0 Å². The number of piperidine rings is 1. The molecule has 0 aromatic rings. The highest BCUT2D eigenvalue weighted by molar-refractivity contribution is 5.76. The summed E-state index contributed by atoms with van der Waals surface area (Å²) in [6, 6.07) is -0.172. The summed E-state index contributed by atoms with van der Waals surface area (Å²) < 4.78 is 0. The fourth-order valence-electron chi connectivity index (χ4n) is 2.19. The number of amides is 2. The third kappa shape index (κ3) is 4.39. The molecule has 1 aliphatic heterocycles. The minimum absolute atomic E-state index is 0.172. The maximum atomic E-state index is 11.9. The fraction of sp³-hybridized carbons (Fsp3) is 0.692. The maximum Gasteiger partial charge on any atom is 0.317 e. The molecule has 5 heteroatoms. The van der Waals surface area contributed by atoms with Gasteiger partial charge >= 0.3 is 12.0 Å². The molecule has 2 atom stereocenters. The lowest BCUT2D eigenvalue weighted by Crippen LogP contribution is -2.49. The van der Waals surface area contributed by atoms with E-state index in [0.29, 0.717) is 26.1 Å². The Balaban J connectivity index is 2.46. The Hall–Kier alpha value is -1.52. The number of nitrogens with one attached hydrogen (secondary N) is 1. The van der Waals surface area contributed by atoms with Gasteiger partial charge in [0.25, 0.3) is 0 Å². The number of rotatable bonds is 4. The predicted octanol–water partition coefficient (Wildman–Crippen LogP) is 1.70. The molecule has 2 N–H and O–H groups in total. The van der Waals surface area contributed by atoms with Gasteiger partial charge in [0.2, 0.25) is 0 Å². The number of carboxylic acids is 1. The largest absolute Gasteiger partial charge is 0.481 e. The number of aliphatic carboxylic acids is 1. The summed E-state index contributed by atoms with van der Waals surface area (Å²) in [7, 11) is 0. The molecule has 1 aliphatic rings. The van der Waals surface area contributed by atoms with Crippen molar-refractivity contribution >= 4 is 12.0 Å². The zero-order valence-electron chi connectivity index (χ0n) is 11.1. The van der Waals surface area contributed by atoms with E-state index in [-0.39, 0.29) is 11.9 Å². The van der Waals surface area contributed by atoms with Crippen LogP contribution in [0.25, 0.3) is 0 Å². The average Bonchev–Trinajstić information content (AvgIpc) is 2.27. The van der Waals surface area contributed by atoms with Gasteiger partial charge in [0, 0.05) is 19.6 Å². The van der Waals surface area contributed by atoms with Crippen molar-refractivity contribution in [2.45, 2.75) is 26.7 Å². The number of hydrogen-bond donors (Lipinski definition) is 2. The van der Waals surface area contributed by atoms with E-state index in [4.69, 9.17) is 5.11 Å². The predicted molar refractivity (Wildman–Crippen MR) is 69.3 cm³/mol. The molecule has 5 nitrogen and oxygen atoms in total. The Bertz CT molecular complexity index is 341. The topological polar surface area (TPSA) is 69.6 Å². The summed E-state index contributed by atoms with van der Waals surface area (Å²) >= 11 is 0. The van der Waals surface area contributed by atoms with Gasteiger partial charge in [-0.25, -0.2) is 4.79 Å². The second-order valence-corrected chi connectivity index (χ2v) is 5.22. The van der Waals surface area contributed by atoms with Crippen molar-refractivity contribution in [3.05, 3.63) is 12.2 Å². The second kappa shape index (κ2) is 6.42. The van der Waals surface area contributed by atoms with Gasteiger partial charge in [0.1, 0.15) is 0 Å². The molecule has 0 bridgehead atoms. The van der Waals surface area contributed by atoms with E-state index < -0.39 is 11.9 Å². The van der Waals surface area contributed by atoms with Crippen LogP contribution in [0, 0.1) is 11.8 Å². The molecule has 1 saturated heterocycles. The summed E-state index contributed by atoms with van der Waals surface area (Å²) in [6.07, 6.45) is 1.39. The molecule has 0 saturated carbocycles. The molecule has 0 aromatic carbocycles. The standard InChI is InChI=1S/C13H22N2O3/c1-9(2)4-5-14-13(18)15-7-10(3)6-11(8-15)12(16)17/h10-11H,1,4-8H2,2-3H3,(H,14,18)(H,16,17). The first-order valence-electron chi connectivity index (χ1n) is 6.30. The molecule has 102 valence electrons. The van der Waals surface area contributed by atoms with E-state index in [1.807, 2.05) is 13.8 Å². The maximum absolute atomic E-state index is 11.9. The molecule has 1 fully saturated rings. The van der Waals surface area contributed by atoms with E-state index in [1.165, 1.54) is 0 Å². The van der Waals surface area contributed by atoms with Gasteiger partial charge in [-0.05, 0) is 25.7 Å². The van der Waals surface area contributed by atoms with Crippen molar-refractivity contribution in [2.75, 3.05) is 19.6 Å². The lowest BCUT2D eigenvalue weighted by molar-refractivity contribution is -0.143. The van der Waals surface area contributed by atoms with E-state index in [1.54, 1.807) is 4.90 Å². The number of nitrogens with zero attached hydrogens (tertiary/aromatic N) is 1. The minimum atomic E-state index is -0.818. The van der Waals surface area contributed by atoms with Gasteiger partial charge in [0.15, 0.2) is 0 Å². The lowest BCUT2D eigenvalue weighted by Gasteiger charge is -2.34. The van der Waals surface area contributed by atoms with Crippen molar-refractivity contribution in [2.24, 2.45) is 11.8 Å². The summed E-state index contributed by atoms with van der Waals surface area (Å²) in [5, 5.41) is 11.8. The minimum Gasteiger partial charge on any atom is -0.481 e. The molecular formula is C13H22N2O3. The second-order valence-electron chi connectivity index (χ2n) is 5.22. The van der Waals surface area contributed by atoms with Crippen LogP contribution in [-0.2, 0) is 4.79 Å². The first kappa shape index (κ1) is 14.5. The van der Waals surface area contributed by atoms with Gasteiger partial charge in [-0.1, -0.05) is 12.5 Å². The molecular weight excluding hydrogens is 232 g/mol. The molecule has 0 aliphatic carbocycles. The Morgan fingerprint density at radius 2 is 2.11 bits per heavy atom. The van der Waals surface area contributed by atoms with Crippen LogP contribution in [0.4, 0.5) is 4.79 Å². The number of carbonyl (C=O) groups is 2. The summed E-state index contributed by atoms with van der Waals surface area (Å²) in [6.45, 7) is 9.14. The first-order valence-corrected chi connectivity index (χ1v) is 6.30. The van der Waals surface area contributed by atoms with Crippen LogP contribution in [0.5, 0.6) is 0 Å². The highest BCUT2D eigenvalue weighted by atomic mass is 16.4. The van der Waals surface area contributed by atoms with Gasteiger partial charge in [-0.2, -0.15) is 0 Å². The van der Waals surface area contributed by atoms with Crippen LogP contribution < -0.4 is 5.32 Å². The van der Waals surface area contributed by atoms with Crippen molar-refractivity contribution in [3.8, 4) is 0 Å². The van der Waals surface area contributed by atoms with Crippen molar-refractivity contribution in [1.29, 1.82) is 0 Å². The SMILES string of the molecule is C=C(C)CCNC(=O)N1CC(C)CC(C(=O)O)C1. The quantitative estimate of drug-likeness (QED) is 0.750. The first-order chi connectivity index (χ1) is 8.40. The molecule has 0 aromatic heterocycles. The van der Waals surface area contributed by atoms with E-state index in [9.17, 15) is 9.59 Å². The van der Waals surface area contributed by atoms with E-state index in [0.717, 1.165) is 12.0 Å². The van der Waals surface area contributed by atoms with Gasteiger partial charge < -0.3 is 15.3 Å². The van der Waals surface area contributed by atoms with E-state index in [2.05, 4.69) is 11.9 Å². The van der Waals surface area contributed by atoms with Gasteiger partial charge in [-0.15, -0.1) is 6.58 Å². The molecule has 2 unspecified atom stereocenters. The molecule has 0 spiro atoms. The summed E-state index contributed by atoms with van der Waals surface area (Å²) in [5.41, 5.74) is 1.02. The van der Waals surface area contributed by atoms with Crippen LogP contribution >= 0.6 is 0 Å². The smallest absolute Gasteiger partial charge is 0.317 e. The number of carboxylic acid groups (broad SMARTS) is 1. The van der Waals surface area contributed by atoms with Crippen molar-refractivity contribution in [1.82, 2.24) is 10.2 Å². The van der Waals surface area contributed by atoms with Crippen LogP contribution in [-0.4, -0.2) is 41.6 Å². The highest BCUT2D eigenvalue weighted by Crippen LogP contribution is 2.21. The van der Waals surface area contributed by atoms with Crippen molar-refractivity contribution in [3.63, 3.8) is 0 Å². The molecule has 0 radical (unpaired) electrons. The van der Waals surface area contributed by atoms with Crippen LogP contribution in [0.2, 0.25) is 0 Å². The van der Waals surface area contributed by atoms with Gasteiger partial charge in [0.05, 0.1) is 5.92 Å². The van der Waals surface area contributed by atoms with Crippen LogP contribution in [0.3, 0.4) is 0 Å². The summed E-state index contributed by atoms with van der Waals surface area (Å²) in [5.74, 6) is -1.03.